The van der Waals surface area contributed by atoms with Gasteiger partial charge in [-0.3, -0.25) is 4.79 Å². The number of hydrogen-bond acceptors (Lipinski definition) is 3. The summed E-state index contributed by atoms with van der Waals surface area (Å²) in [4.78, 5) is 11.3. The summed E-state index contributed by atoms with van der Waals surface area (Å²) in [5.41, 5.74) is 6.52. The van der Waals surface area contributed by atoms with Crippen molar-refractivity contribution in [2.75, 3.05) is 19.8 Å². The molecule has 0 aliphatic carbocycles. The van der Waals surface area contributed by atoms with Crippen LogP contribution >= 0.6 is 0 Å². The summed E-state index contributed by atoms with van der Waals surface area (Å²) >= 11 is 0. The number of nitrogens with two attached hydrogens (primary N) is 1. The van der Waals surface area contributed by atoms with Crippen molar-refractivity contribution in [3.63, 3.8) is 0 Å². The standard InChI is InChI=1S/C12H17FN2O2/c1-9-2-3-10(6-11(9)13)7-15-12(16)8-17-5-4-14/h2-3,6H,4-5,7-8,14H2,1H3,(H,15,16). The van der Waals surface area contributed by atoms with Gasteiger partial charge in [-0.15, -0.1) is 0 Å². The molecule has 0 radical (unpaired) electrons. The number of rotatable bonds is 6. The maximum atomic E-state index is 13.2. The lowest BCUT2D eigenvalue weighted by atomic mass is 10.1. The molecule has 0 aromatic heterocycles. The zero-order chi connectivity index (χ0) is 12.7. The molecule has 94 valence electrons. The monoisotopic (exact) mass is 240 g/mol. The van der Waals surface area contributed by atoms with Crippen molar-refractivity contribution in [1.29, 1.82) is 0 Å². The summed E-state index contributed by atoms with van der Waals surface area (Å²) in [5.74, 6) is -0.504. The van der Waals surface area contributed by atoms with E-state index < -0.39 is 0 Å². The van der Waals surface area contributed by atoms with Crippen LogP contribution in [0.5, 0.6) is 0 Å². The zero-order valence-electron chi connectivity index (χ0n) is 9.83. The fraction of sp³-hybridized carbons (Fsp3) is 0.417. The van der Waals surface area contributed by atoms with Crippen LogP contribution in [0.4, 0.5) is 4.39 Å². The Hall–Kier alpha value is -1.46. The molecule has 17 heavy (non-hydrogen) atoms. The Morgan fingerprint density at radius 2 is 2.29 bits per heavy atom. The minimum Gasteiger partial charge on any atom is -0.370 e. The van der Waals surface area contributed by atoms with Gasteiger partial charge in [0.2, 0.25) is 5.91 Å². The van der Waals surface area contributed by atoms with Gasteiger partial charge in [-0.05, 0) is 24.1 Å². The van der Waals surface area contributed by atoms with Crippen LogP contribution in [0.2, 0.25) is 0 Å². The molecular formula is C12H17FN2O2. The first kappa shape index (κ1) is 13.6. The predicted molar refractivity (Wildman–Crippen MR) is 62.9 cm³/mol. The van der Waals surface area contributed by atoms with E-state index in [0.717, 1.165) is 5.56 Å². The second-order valence-electron chi connectivity index (χ2n) is 3.70. The summed E-state index contributed by atoms with van der Waals surface area (Å²) in [6, 6.07) is 4.87. The lowest BCUT2D eigenvalue weighted by Crippen LogP contribution is -2.28. The second-order valence-corrected chi connectivity index (χ2v) is 3.70. The van der Waals surface area contributed by atoms with Gasteiger partial charge in [0.05, 0.1) is 6.61 Å². The lowest BCUT2D eigenvalue weighted by molar-refractivity contribution is -0.125. The van der Waals surface area contributed by atoms with Crippen LogP contribution in [0.15, 0.2) is 18.2 Å². The maximum absolute atomic E-state index is 13.2. The number of hydrogen-bond donors (Lipinski definition) is 2. The minimum atomic E-state index is -0.267. The van der Waals surface area contributed by atoms with Crippen molar-refractivity contribution in [2.24, 2.45) is 5.73 Å². The number of halogens is 1. The normalized spacial score (nSPS) is 10.3. The topological polar surface area (TPSA) is 64.3 Å². The molecule has 0 saturated heterocycles. The van der Waals surface area contributed by atoms with E-state index in [1.54, 1.807) is 19.1 Å². The highest BCUT2D eigenvalue weighted by Crippen LogP contribution is 2.08. The van der Waals surface area contributed by atoms with Crippen LogP contribution in [0, 0.1) is 12.7 Å². The first-order chi connectivity index (χ1) is 8.13. The van der Waals surface area contributed by atoms with E-state index in [0.29, 0.717) is 25.3 Å². The third kappa shape index (κ3) is 4.93. The Bertz CT molecular complexity index is 383. The number of benzene rings is 1. The third-order valence-electron chi connectivity index (χ3n) is 2.22. The maximum Gasteiger partial charge on any atom is 0.246 e. The van der Waals surface area contributed by atoms with Crippen LogP contribution < -0.4 is 11.1 Å². The van der Waals surface area contributed by atoms with Gasteiger partial charge < -0.3 is 15.8 Å². The molecular weight excluding hydrogens is 223 g/mol. The predicted octanol–water partition coefficient (Wildman–Crippen LogP) is 0.726. The number of ether oxygens (including phenoxy) is 1. The van der Waals surface area contributed by atoms with Gasteiger partial charge >= 0.3 is 0 Å². The lowest BCUT2D eigenvalue weighted by Gasteiger charge is -2.06. The molecule has 0 heterocycles. The molecule has 1 amide bonds. The highest BCUT2D eigenvalue weighted by atomic mass is 19.1. The molecule has 3 N–H and O–H groups in total. The minimum absolute atomic E-state index is 0.0223. The number of carbonyl (C=O) groups excluding carboxylic acids is 1. The molecule has 0 bridgehead atoms. The summed E-state index contributed by atoms with van der Waals surface area (Å²) in [6.45, 7) is 2.70. The Morgan fingerprint density at radius 1 is 1.53 bits per heavy atom. The molecule has 0 unspecified atom stereocenters. The van der Waals surface area contributed by atoms with E-state index >= 15 is 0 Å². The van der Waals surface area contributed by atoms with Crippen LogP contribution in [-0.4, -0.2) is 25.7 Å². The average molecular weight is 240 g/mol. The van der Waals surface area contributed by atoms with Gasteiger partial charge in [-0.2, -0.15) is 0 Å². The third-order valence-corrected chi connectivity index (χ3v) is 2.22. The highest BCUT2D eigenvalue weighted by molar-refractivity contribution is 5.77. The van der Waals surface area contributed by atoms with Crippen molar-refractivity contribution in [1.82, 2.24) is 5.32 Å². The van der Waals surface area contributed by atoms with Gasteiger partial charge in [0.1, 0.15) is 12.4 Å². The molecule has 0 atom stereocenters. The first-order valence-corrected chi connectivity index (χ1v) is 5.43. The molecule has 5 heteroatoms. The summed E-state index contributed by atoms with van der Waals surface area (Å²) in [6.07, 6.45) is 0. The van der Waals surface area contributed by atoms with Crippen molar-refractivity contribution >= 4 is 5.91 Å². The van der Waals surface area contributed by atoms with Crippen molar-refractivity contribution in [3.05, 3.63) is 35.1 Å². The van der Waals surface area contributed by atoms with Crippen molar-refractivity contribution < 1.29 is 13.9 Å². The van der Waals surface area contributed by atoms with Gasteiger partial charge in [0, 0.05) is 13.1 Å². The summed E-state index contributed by atoms with van der Waals surface area (Å²) in [5, 5.41) is 2.63. The van der Waals surface area contributed by atoms with Gasteiger partial charge in [0.15, 0.2) is 0 Å². The van der Waals surface area contributed by atoms with E-state index in [4.69, 9.17) is 10.5 Å². The van der Waals surface area contributed by atoms with E-state index in [9.17, 15) is 9.18 Å². The summed E-state index contributed by atoms with van der Waals surface area (Å²) in [7, 11) is 0. The van der Waals surface area contributed by atoms with Gasteiger partial charge in [-0.25, -0.2) is 4.39 Å². The fourth-order valence-electron chi connectivity index (χ4n) is 1.25. The molecule has 1 aromatic carbocycles. The van der Waals surface area contributed by atoms with E-state index in [2.05, 4.69) is 5.32 Å². The van der Waals surface area contributed by atoms with Gasteiger partial charge in [-0.1, -0.05) is 12.1 Å². The van der Waals surface area contributed by atoms with E-state index in [1.807, 2.05) is 0 Å². The largest absolute Gasteiger partial charge is 0.370 e. The highest BCUT2D eigenvalue weighted by Gasteiger charge is 2.03. The summed E-state index contributed by atoms with van der Waals surface area (Å²) < 4.78 is 18.2. The molecule has 1 rings (SSSR count). The smallest absolute Gasteiger partial charge is 0.246 e. The van der Waals surface area contributed by atoms with Crippen molar-refractivity contribution in [2.45, 2.75) is 13.5 Å². The van der Waals surface area contributed by atoms with Crippen LogP contribution in [-0.2, 0) is 16.1 Å². The molecule has 0 aliphatic heterocycles. The molecule has 1 aromatic rings. The molecule has 0 spiro atoms. The molecule has 0 aliphatic rings. The van der Waals surface area contributed by atoms with E-state index in [-0.39, 0.29) is 18.3 Å². The Balaban J connectivity index is 2.34. The van der Waals surface area contributed by atoms with Gasteiger partial charge in [0.25, 0.3) is 0 Å². The molecule has 4 nitrogen and oxygen atoms in total. The second kappa shape index (κ2) is 6.98. The molecule has 0 fully saturated rings. The van der Waals surface area contributed by atoms with Crippen LogP contribution in [0.3, 0.4) is 0 Å². The van der Waals surface area contributed by atoms with Crippen molar-refractivity contribution in [3.8, 4) is 0 Å². The fourth-order valence-corrected chi connectivity index (χ4v) is 1.25. The first-order valence-electron chi connectivity index (χ1n) is 5.43. The van der Waals surface area contributed by atoms with Crippen LogP contribution in [0.25, 0.3) is 0 Å². The quantitative estimate of drug-likeness (QED) is 0.720. The zero-order valence-corrected chi connectivity index (χ0v) is 9.83. The Kier molecular flexibility index (Phi) is 5.59. The SMILES string of the molecule is Cc1ccc(CNC(=O)COCCN)cc1F. The van der Waals surface area contributed by atoms with E-state index in [1.165, 1.54) is 6.07 Å². The number of aryl methyl sites for hydroxylation is 1. The average Bonchev–Trinajstić information content (AvgIpc) is 2.31. The Morgan fingerprint density at radius 3 is 2.94 bits per heavy atom. The number of nitrogens with one attached hydrogen (secondary N) is 1. The number of amides is 1. The number of carbonyl (C=O) groups is 1. The molecule has 0 saturated carbocycles. The van der Waals surface area contributed by atoms with Crippen LogP contribution in [0.1, 0.15) is 11.1 Å². The Labute approximate surface area is 100.0 Å².